The summed E-state index contributed by atoms with van der Waals surface area (Å²) in [5.74, 6) is 0. The molecule has 20 heavy (non-hydrogen) atoms. The number of pyridine rings is 1. The molecule has 1 heterocycles. The van der Waals surface area contributed by atoms with Gasteiger partial charge < -0.3 is 5.32 Å². The van der Waals surface area contributed by atoms with Crippen molar-refractivity contribution in [2.24, 2.45) is 0 Å². The molecule has 1 atom stereocenters. The molecule has 0 saturated carbocycles. The summed E-state index contributed by atoms with van der Waals surface area (Å²) in [7, 11) is 0. The second-order valence-electron chi connectivity index (χ2n) is 5.88. The highest BCUT2D eigenvalue weighted by Gasteiger charge is 2.09. The Bertz CT molecular complexity index is 332. The monoisotopic (exact) mass is 276 g/mol. The molecule has 0 bridgehead atoms. The molecule has 1 aromatic rings. The van der Waals surface area contributed by atoms with Crippen molar-refractivity contribution in [1.82, 2.24) is 10.3 Å². The van der Waals surface area contributed by atoms with Crippen LogP contribution in [-0.2, 0) is 6.42 Å². The van der Waals surface area contributed by atoms with E-state index in [4.69, 9.17) is 0 Å². The van der Waals surface area contributed by atoms with Gasteiger partial charge in [-0.05, 0) is 37.9 Å². The van der Waals surface area contributed by atoms with Crippen LogP contribution in [0.25, 0.3) is 0 Å². The number of aromatic nitrogens is 1. The maximum atomic E-state index is 4.54. The quantitative estimate of drug-likeness (QED) is 0.595. The zero-order valence-electron chi connectivity index (χ0n) is 13.6. The molecule has 0 aliphatic rings. The van der Waals surface area contributed by atoms with Gasteiger partial charge in [0.2, 0.25) is 0 Å². The summed E-state index contributed by atoms with van der Waals surface area (Å²) in [6, 6.07) is 4.93. The highest BCUT2D eigenvalue weighted by atomic mass is 14.9. The largest absolute Gasteiger partial charge is 0.314 e. The lowest BCUT2D eigenvalue weighted by molar-refractivity contribution is 0.448. The third-order valence-electron chi connectivity index (χ3n) is 3.77. The van der Waals surface area contributed by atoms with Crippen LogP contribution >= 0.6 is 0 Å². The van der Waals surface area contributed by atoms with Crippen molar-refractivity contribution in [3.8, 4) is 0 Å². The summed E-state index contributed by atoms with van der Waals surface area (Å²) >= 11 is 0. The topological polar surface area (TPSA) is 24.9 Å². The predicted molar refractivity (Wildman–Crippen MR) is 88.1 cm³/mol. The van der Waals surface area contributed by atoms with E-state index in [2.05, 4.69) is 43.2 Å². The van der Waals surface area contributed by atoms with Crippen molar-refractivity contribution >= 4 is 0 Å². The minimum atomic E-state index is 0.590. The van der Waals surface area contributed by atoms with Crippen LogP contribution in [0.5, 0.6) is 0 Å². The molecule has 0 amide bonds. The Labute approximate surface area is 125 Å². The first kappa shape index (κ1) is 17.2. The Morgan fingerprint density at radius 2 is 1.85 bits per heavy atom. The Hall–Kier alpha value is -0.890. The first-order chi connectivity index (χ1) is 9.76. The number of nitrogens with zero attached hydrogens (tertiary/aromatic N) is 1. The van der Waals surface area contributed by atoms with E-state index >= 15 is 0 Å². The van der Waals surface area contributed by atoms with Gasteiger partial charge in [0.25, 0.3) is 0 Å². The van der Waals surface area contributed by atoms with Gasteiger partial charge in [0.15, 0.2) is 0 Å². The van der Waals surface area contributed by atoms with Crippen LogP contribution in [0.15, 0.2) is 18.3 Å². The van der Waals surface area contributed by atoms with Crippen LogP contribution in [0.4, 0.5) is 0 Å². The molecule has 1 rings (SSSR count). The van der Waals surface area contributed by atoms with Gasteiger partial charge in [0.1, 0.15) is 0 Å². The maximum Gasteiger partial charge on any atom is 0.0419 e. The van der Waals surface area contributed by atoms with Crippen molar-refractivity contribution in [3.05, 3.63) is 29.6 Å². The van der Waals surface area contributed by atoms with Gasteiger partial charge in [-0.25, -0.2) is 0 Å². The highest BCUT2D eigenvalue weighted by molar-refractivity contribution is 5.13. The van der Waals surface area contributed by atoms with E-state index in [1.807, 2.05) is 6.20 Å². The fourth-order valence-corrected chi connectivity index (χ4v) is 2.49. The molecule has 1 unspecified atom stereocenters. The number of nitrogens with one attached hydrogen (secondary N) is 1. The zero-order valence-corrected chi connectivity index (χ0v) is 13.6. The van der Waals surface area contributed by atoms with Gasteiger partial charge in [-0.3, -0.25) is 4.98 Å². The summed E-state index contributed by atoms with van der Waals surface area (Å²) < 4.78 is 0. The van der Waals surface area contributed by atoms with Gasteiger partial charge in [-0.1, -0.05) is 52.0 Å². The Morgan fingerprint density at radius 1 is 1.05 bits per heavy atom. The van der Waals surface area contributed by atoms with Gasteiger partial charge in [-0.2, -0.15) is 0 Å². The normalized spacial score (nSPS) is 12.6. The molecule has 0 radical (unpaired) electrons. The number of hydrogen-bond donors (Lipinski definition) is 1. The van der Waals surface area contributed by atoms with E-state index in [0.717, 1.165) is 13.0 Å². The Kier molecular flexibility index (Phi) is 9.31. The summed E-state index contributed by atoms with van der Waals surface area (Å²) in [5.41, 5.74) is 2.46. The van der Waals surface area contributed by atoms with Gasteiger partial charge in [0, 0.05) is 24.4 Å². The number of rotatable bonds is 11. The minimum absolute atomic E-state index is 0.590. The third-order valence-corrected chi connectivity index (χ3v) is 3.77. The fourth-order valence-electron chi connectivity index (χ4n) is 2.49. The smallest absolute Gasteiger partial charge is 0.0419 e. The fraction of sp³-hybridized carbons (Fsp3) is 0.722. The van der Waals surface area contributed by atoms with Crippen LogP contribution in [0.2, 0.25) is 0 Å². The SMILES string of the molecule is CCCCCCCC(Cc1ccc(C)cn1)NCCC. The number of hydrogen-bond acceptors (Lipinski definition) is 2. The molecular weight excluding hydrogens is 244 g/mol. The maximum absolute atomic E-state index is 4.54. The third kappa shape index (κ3) is 7.64. The number of unbranched alkanes of at least 4 members (excludes halogenated alkanes) is 4. The van der Waals surface area contributed by atoms with E-state index in [9.17, 15) is 0 Å². The lowest BCUT2D eigenvalue weighted by Gasteiger charge is -2.18. The van der Waals surface area contributed by atoms with Crippen LogP contribution in [0, 0.1) is 6.92 Å². The molecule has 0 aromatic carbocycles. The lowest BCUT2D eigenvalue weighted by atomic mass is 10.0. The Balaban J connectivity index is 2.36. The van der Waals surface area contributed by atoms with E-state index in [1.54, 1.807) is 0 Å². The first-order valence-electron chi connectivity index (χ1n) is 8.41. The van der Waals surface area contributed by atoms with Gasteiger partial charge in [-0.15, -0.1) is 0 Å². The molecule has 114 valence electrons. The molecule has 1 aromatic heterocycles. The van der Waals surface area contributed by atoms with Gasteiger partial charge >= 0.3 is 0 Å². The van der Waals surface area contributed by atoms with Crippen molar-refractivity contribution in [1.29, 1.82) is 0 Å². The second kappa shape index (κ2) is 10.8. The average Bonchev–Trinajstić information content (AvgIpc) is 2.46. The molecule has 1 N–H and O–H groups in total. The summed E-state index contributed by atoms with van der Waals surface area (Å²) in [5, 5.41) is 3.68. The van der Waals surface area contributed by atoms with E-state index in [-0.39, 0.29) is 0 Å². The van der Waals surface area contributed by atoms with Crippen molar-refractivity contribution < 1.29 is 0 Å². The van der Waals surface area contributed by atoms with Crippen LogP contribution in [-0.4, -0.2) is 17.6 Å². The molecule has 0 saturated heterocycles. The Morgan fingerprint density at radius 3 is 2.50 bits per heavy atom. The van der Waals surface area contributed by atoms with Crippen molar-refractivity contribution in [3.63, 3.8) is 0 Å². The molecule has 0 aliphatic carbocycles. The minimum Gasteiger partial charge on any atom is -0.314 e. The first-order valence-corrected chi connectivity index (χ1v) is 8.41. The highest BCUT2D eigenvalue weighted by Crippen LogP contribution is 2.11. The van der Waals surface area contributed by atoms with Crippen molar-refractivity contribution in [2.45, 2.75) is 78.2 Å². The van der Waals surface area contributed by atoms with Crippen molar-refractivity contribution in [2.75, 3.05) is 6.54 Å². The lowest BCUT2D eigenvalue weighted by Crippen LogP contribution is -2.32. The molecular formula is C18H32N2. The van der Waals surface area contributed by atoms with E-state index in [0.29, 0.717) is 6.04 Å². The van der Waals surface area contributed by atoms with E-state index < -0.39 is 0 Å². The molecule has 0 spiro atoms. The average molecular weight is 276 g/mol. The molecule has 0 aliphatic heterocycles. The van der Waals surface area contributed by atoms with Crippen LogP contribution in [0.1, 0.15) is 70.1 Å². The van der Waals surface area contributed by atoms with E-state index in [1.165, 1.54) is 56.2 Å². The molecule has 0 fully saturated rings. The van der Waals surface area contributed by atoms with Crippen LogP contribution < -0.4 is 5.32 Å². The summed E-state index contributed by atoms with van der Waals surface area (Å²) in [4.78, 5) is 4.54. The van der Waals surface area contributed by atoms with Gasteiger partial charge in [0.05, 0.1) is 0 Å². The van der Waals surface area contributed by atoms with Crippen LogP contribution in [0.3, 0.4) is 0 Å². The molecule has 2 nitrogen and oxygen atoms in total. The second-order valence-corrected chi connectivity index (χ2v) is 5.88. The summed E-state index contributed by atoms with van der Waals surface area (Å²) in [6.45, 7) is 7.72. The molecule has 2 heteroatoms. The summed E-state index contributed by atoms with van der Waals surface area (Å²) in [6.07, 6.45) is 12.3. The predicted octanol–water partition coefficient (Wildman–Crippen LogP) is 4.66. The zero-order chi connectivity index (χ0) is 14.6. The number of aryl methyl sites for hydroxylation is 1. The standard InChI is InChI=1S/C18H32N2/c1-4-6-7-8-9-10-17(19-13-5-2)14-18-12-11-16(3)15-20-18/h11-12,15,17,19H,4-10,13-14H2,1-3H3.